The van der Waals surface area contributed by atoms with Gasteiger partial charge in [0.05, 0.1) is 25.3 Å². The third kappa shape index (κ3) is 5.32. The van der Waals surface area contributed by atoms with Crippen molar-refractivity contribution >= 4 is 23.2 Å². The number of unbranched alkanes of at least 4 members (excludes halogenated alkanes) is 1. The number of halogens is 2. The van der Waals surface area contributed by atoms with Gasteiger partial charge in [-0.05, 0) is 37.1 Å². The van der Waals surface area contributed by atoms with Crippen LogP contribution < -0.4 is 14.2 Å². The van der Waals surface area contributed by atoms with E-state index in [1.54, 1.807) is 25.3 Å². The van der Waals surface area contributed by atoms with Crippen LogP contribution in [0.4, 0.5) is 0 Å². The lowest BCUT2D eigenvalue weighted by atomic mass is 10.3. The molecule has 0 aliphatic carbocycles. The molecule has 118 valence electrons. The minimum atomic E-state index is 0.567. The summed E-state index contributed by atoms with van der Waals surface area (Å²) in [6.07, 6.45) is 1.75. The summed E-state index contributed by atoms with van der Waals surface area (Å²) >= 11 is 11.9. The lowest BCUT2D eigenvalue weighted by molar-refractivity contribution is 0.266. The van der Waals surface area contributed by atoms with Gasteiger partial charge in [0.25, 0.3) is 0 Å². The summed E-state index contributed by atoms with van der Waals surface area (Å²) in [7, 11) is 1.64. The fourth-order valence-electron chi connectivity index (χ4n) is 1.86. The standard InChI is InChI=1S/C17H18Cl2O3/c1-20-14-5-4-6-15(12-14)21-9-2-3-10-22-17-11-13(18)7-8-16(17)19/h4-8,11-12H,2-3,9-10H2,1H3. The Morgan fingerprint density at radius 2 is 1.59 bits per heavy atom. The maximum atomic E-state index is 6.02. The van der Waals surface area contributed by atoms with E-state index in [1.165, 1.54) is 0 Å². The summed E-state index contributed by atoms with van der Waals surface area (Å²) < 4.78 is 16.4. The van der Waals surface area contributed by atoms with Crippen molar-refractivity contribution in [2.45, 2.75) is 12.8 Å². The first kappa shape index (κ1) is 16.8. The Morgan fingerprint density at radius 1 is 0.864 bits per heavy atom. The second-order valence-corrected chi connectivity index (χ2v) is 5.50. The maximum absolute atomic E-state index is 6.02. The van der Waals surface area contributed by atoms with E-state index in [-0.39, 0.29) is 0 Å². The number of hydrogen-bond donors (Lipinski definition) is 0. The van der Waals surface area contributed by atoms with Gasteiger partial charge in [0.1, 0.15) is 17.2 Å². The largest absolute Gasteiger partial charge is 0.497 e. The number of hydrogen-bond acceptors (Lipinski definition) is 3. The highest BCUT2D eigenvalue weighted by molar-refractivity contribution is 6.34. The number of ether oxygens (including phenoxy) is 3. The Bertz CT molecular complexity index is 602. The molecular formula is C17H18Cl2O3. The van der Waals surface area contributed by atoms with Gasteiger partial charge in [-0.25, -0.2) is 0 Å². The molecule has 0 spiro atoms. The normalized spacial score (nSPS) is 10.3. The molecule has 0 atom stereocenters. The SMILES string of the molecule is COc1cccc(OCCCCOc2cc(Cl)ccc2Cl)c1. The second kappa shape index (κ2) is 8.76. The van der Waals surface area contributed by atoms with Gasteiger partial charge in [-0.2, -0.15) is 0 Å². The van der Waals surface area contributed by atoms with Gasteiger partial charge in [-0.3, -0.25) is 0 Å². The fraction of sp³-hybridized carbons (Fsp3) is 0.294. The van der Waals surface area contributed by atoms with Crippen LogP contribution in [0.1, 0.15) is 12.8 Å². The van der Waals surface area contributed by atoms with Crippen molar-refractivity contribution < 1.29 is 14.2 Å². The molecule has 0 saturated heterocycles. The van der Waals surface area contributed by atoms with E-state index in [9.17, 15) is 0 Å². The molecule has 0 heterocycles. The highest BCUT2D eigenvalue weighted by Crippen LogP contribution is 2.27. The van der Waals surface area contributed by atoms with Crippen molar-refractivity contribution in [3.8, 4) is 17.2 Å². The molecule has 0 unspecified atom stereocenters. The zero-order valence-corrected chi connectivity index (χ0v) is 13.9. The summed E-state index contributed by atoms with van der Waals surface area (Å²) in [6, 6.07) is 12.7. The molecule has 0 aliphatic rings. The first-order chi connectivity index (χ1) is 10.7. The average molecular weight is 341 g/mol. The van der Waals surface area contributed by atoms with Crippen molar-refractivity contribution in [1.29, 1.82) is 0 Å². The van der Waals surface area contributed by atoms with Crippen LogP contribution in [0.5, 0.6) is 17.2 Å². The molecular weight excluding hydrogens is 323 g/mol. The molecule has 3 nitrogen and oxygen atoms in total. The number of methoxy groups -OCH3 is 1. The third-order valence-electron chi connectivity index (χ3n) is 3.00. The maximum Gasteiger partial charge on any atom is 0.139 e. The van der Waals surface area contributed by atoms with Gasteiger partial charge in [0.2, 0.25) is 0 Å². The zero-order chi connectivity index (χ0) is 15.8. The smallest absolute Gasteiger partial charge is 0.139 e. The van der Waals surface area contributed by atoms with Gasteiger partial charge in [-0.15, -0.1) is 0 Å². The molecule has 0 aliphatic heterocycles. The molecule has 2 aromatic carbocycles. The summed E-state index contributed by atoms with van der Waals surface area (Å²) in [5.74, 6) is 2.21. The first-order valence-corrected chi connectivity index (χ1v) is 7.79. The molecule has 0 fully saturated rings. The van der Waals surface area contributed by atoms with E-state index in [0.29, 0.717) is 29.0 Å². The van der Waals surface area contributed by atoms with Gasteiger partial charge in [0.15, 0.2) is 0 Å². The molecule has 0 aromatic heterocycles. The van der Waals surface area contributed by atoms with Gasteiger partial charge >= 0.3 is 0 Å². The van der Waals surface area contributed by atoms with Crippen LogP contribution in [-0.2, 0) is 0 Å². The minimum absolute atomic E-state index is 0.567. The van der Waals surface area contributed by atoms with E-state index in [0.717, 1.165) is 24.3 Å². The quantitative estimate of drug-likeness (QED) is 0.615. The van der Waals surface area contributed by atoms with Crippen LogP contribution in [0.3, 0.4) is 0 Å². The highest BCUT2D eigenvalue weighted by Gasteiger charge is 2.02. The average Bonchev–Trinajstić information content (AvgIpc) is 2.54. The van der Waals surface area contributed by atoms with Crippen LogP contribution >= 0.6 is 23.2 Å². The third-order valence-corrected chi connectivity index (χ3v) is 3.55. The van der Waals surface area contributed by atoms with Crippen molar-refractivity contribution in [1.82, 2.24) is 0 Å². The van der Waals surface area contributed by atoms with E-state index in [2.05, 4.69) is 0 Å². The summed E-state index contributed by atoms with van der Waals surface area (Å²) in [5.41, 5.74) is 0. The highest BCUT2D eigenvalue weighted by atomic mass is 35.5. The Hall–Kier alpha value is -1.58. The molecule has 0 bridgehead atoms. The van der Waals surface area contributed by atoms with Gasteiger partial charge in [-0.1, -0.05) is 29.3 Å². The molecule has 0 N–H and O–H groups in total. The Kier molecular flexibility index (Phi) is 6.69. The van der Waals surface area contributed by atoms with Crippen LogP contribution in [0, 0.1) is 0 Å². The summed E-state index contributed by atoms with van der Waals surface area (Å²) in [6.45, 7) is 1.20. The number of rotatable bonds is 8. The summed E-state index contributed by atoms with van der Waals surface area (Å²) in [5, 5.41) is 1.18. The number of benzene rings is 2. The molecule has 0 amide bonds. The minimum Gasteiger partial charge on any atom is -0.497 e. The van der Waals surface area contributed by atoms with Gasteiger partial charge < -0.3 is 14.2 Å². The molecule has 0 radical (unpaired) electrons. The molecule has 2 rings (SSSR count). The lowest BCUT2D eigenvalue weighted by Crippen LogP contribution is -2.03. The predicted molar refractivity (Wildman–Crippen MR) is 89.7 cm³/mol. The van der Waals surface area contributed by atoms with Crippen LogP contribution in [-0.4, -0.2) is 20.3 Å². The van der Waals surface area contributed by atoms with E-state index < -0.39 is 0 Å². The lowest BCUT2D eigenvalue weighted by Gasteiger charge is -2.09. The first-order valence-electron chi connectivity index (χ1n) is 7.04. The van der Waals surface area contributed by atoms with E-state index in [4.69, 9.17) is 37.4 Å². The van der Waals surface area contributed by atoms with E-state index >= 15 is 0 Å². The fourth-order valence-corrected chi connectivity index (χ4v) is 2.19. The Labute approximate surface area is 140 Å². The molecule has 22 heavy (non-hydrogen) atoms. The monoisotopic (exact) mass is 340 g/mol. The molecule has 0 saturated carbocycles. The molecule has 5 heteroatoms. The Morgan fingerprint density at radius 3 is 2.36 bits per heavy atom. The van der Waals surface area contributed by atoms with Crippen LogP contribution in [0.2, 0.25) is 10.0 Å². The van der Waals surface area contributed by atoms with Crippen molar-refractivity contribution in [2.24, 2.45) is 0 Å². The van der Waals surface area contributed by atoms with Crippen molar-refractivity contribution in [3.63, 3.8) is 0 Å². The second-order valence-electron chi connectivity index (χ2n) is 4.66. The van der Waals surface area contributed by atoms with Crippen LogP contribution in [0.25, 0.3) is 0 Å². The topological polar surface area (TPSA) is 27.7 Å². The van der Waals surface area contributed by atoms with E-state index in [1.807, 2.05) is 24.3 Å². The van der Waals surface area contributed by atoms with Gasteiger partial charge in [0, 0.05) is 17.2 Å². The predicted octanol–water partition coefficient (Wildman–Crippen LogP) is 5.24. The van der Waals surface area contributed by atoms with Crippen LogP contribution in [0.15, 0.2) is 42.5 Å². The summed E-state index contributed by atoms with van der Waals surface area (Å²) in [4.78, 5) is 0. The Balaban J connectivity index is 1.66. The van der Waals surface area contributed by atoms with Crippen molar-refractivity contribution in [3.05, 3.63) is 52.5 Å². The molecule has 2 aromatic rings. The van der Waals surface area contributed by atoms with Crippen molar-refractivity contribution in [2.75, 3.05) is 20.3 Å². The zero-order valence-electron chi connectivity index (χ0n) is 12.4.